The lowest BCUT2D eigenvalue weighted by atomic mass is 10.2. The Balaban J connectivity index is 3.54. The maximum absolute atomic E-state index is 11.3. The van der Waals surface area contributed by atoms with E-state index in [1.165, 1.54) is 0 Å². The fourth-order valence-corrected chi connectivity index (χ4v) is 3.97. The van der Waals surface area contributed by atoms with E-state index < -0.39 is 9.84 Å². The van der Waals surface area contributed by atoms with Gasteiger partial charge in [0, 0.05) is 11.5 Å². The number of hydrogen-bond donors (Lipinski definition) is 1. The number of rotatable bonds is 8. The number of thioether (sulfide) groups is 1. The molecule has 0 aromatic carbocycles. The fraction of sp³-hybridized carbons (Fsp3) is 1.00. The second-order valence-electron chi connectivity index (χ2n) is 3.57. The largest absolute Gasteiger partial charge is 0.330 e. The summed E-state index contributed by atoms with van der Waals surface area (Å²) in [6.07, 6.45) is 0.714. The van der Waals surface area contributed by atoms with Gasteiger partial charge in [0.25, 0.3) is 0 Å². The first-order valence-electron chi connectivity index (χ1n) is 5.00. The third-order valence-corrected chi connectivity index (χ3v) is 5.27. The highest BCUT2D eigenvalue weighted by Crippen LogP contribution is 2.08. The Bertz CT molecular complexity index is 227. The summed E-state index contributed by atoms with van der Waals surface area (Å²) in [6, 6.07) is 0. The quantitative estimate of drug-likeness (QED) is 0.645. The number of hydrogen-bond acceptors (Lipinski definition) is 4. The van der Waals surface area contributed by atoms with E-state index >= 15 is 0 Å². The molecule has 14 heavy (non-hydrogen) atoms. The SMILES string of the molecule is CCCS(=O)(=O)CCSCC(C)CN. The lowest BCUT2D eigenvalue weighted by Gasteiger charge is -2.07. The molecule has 1 unspecified atom stereocenters. The molecule has 0 rings (SSSR count). The van der Waals surface area contributed by atoms with Crippen LogP contribution in [0, 0.1) is 5.92 Å². The van der Waals surface area contributed by atoms with Crippen molar-refractivity contribution in [3.63, 3.8) is 0 Å². The van der Waals surface area contributed by atoms with Crippen molar-refractivity contribution in [1.29, 1.82) is 0 Å². The van der Waals surface area contributed by atoms with E-state index in [9.17, 15) is 8.42 Å². The summed E-state index contributed by atoms with van der Waals surface area (Å²) in [6.45, 7) is 4.64. The van der Waals surface area contributed by atoms with Crippen LogP contribution in [0.2, 0.25) is 0 Å². The van der Waals surface area contributed by atoms with Gasteiger partial charge in [0.15, 0.2) is 9.84 Å². The van der Waals surface area contributed by atoms with Crippen LogP contribution in [0.1, 0.15) is 20.3 Å². The molecule has 0 spiro atoms. The third-order valence-electron chi connectivity index (χ3n) is 1.86. The van der Waals surface area contributed by atoms with E-state index in [0.717, 1.165) is 5.75 Å². The maximum Gasteiger partial charge on any atom is 0.151 e. The Morgan fingerprint density at radius 2 is 2.00 bits per heavy atom. The topological polar surface area (TPSA) is 60.2 Å². The van der Waals surface area contributed by atoms with Gasteiger partial charge in [-0.1, -0.05) is 13.8 Å². The van der Waals surface area contributed by atoms with E-state index in [1.807, 2.05) is 6.92 Å². The van der Waals surface area contributed by atoms with Crippen LogP contribution in [-0.4, -0.2) is 38.0 Å². The highest BCUT2D eigenvalue weighted by atomic mass is 32.2. The molecule has 5 heteroatoms. The molecule has 0 saturated carbocycles. The molecule has 1 atom stereocenters. The molecule has 0 heterocycles. The Kier molecular flexibility index (Phi) is 7.68. The van der Waals surface area contributed by atoms with Crippen LogP contribution in [0.25, 0.3) is 0 Å². The van der Waals surface area contributed by atoms with Gasteiger partial charge in [-0.25, -0.2) is 8.42 Å². The first kappa shape index (κ1) is 14.3. The molecule has 0 bridgehead atoms. The fourth-order valence-electron chi connectivity index (χ4n) is 0.952. The molecule has 0 aliphatic heterocycles. The van der Waals surface area contributed by atoms with Crippen molar-refractivity contribution in [2.75, 3.05) is 29.6 Å². The average molecular weight is 239 g/mol. The Morgan fingerprint density at radius 1 is 1.36 bits per heavy atom. The molecule has 86 valence electrons. The normalized spacial score (nSPS) is 14.2. The first-order valence-corrected chi connectivity index (χ1v) is 7.97. The zero-order valence-corrected chi connectivity index (χ0v) is 10.7. The van der Waals surface area contributed by atoms with Crippen molar-refractivity contribution >= 4 is 21.6 Å². The lowest BCUT2D eigenvalue weighted by molar-refractivity contribution is 0.596. The van der Waals surface area contributed by atoms with Gasteiger partial charge in [-0.05, 0) is 24.6 Å². The molecule has 0 aliphatic carbocycles. The minimum Gasteiger partial charge on any atom is -0.330 e. The number of sulfone groups is 1. The molecular formula is C9H21NO2S2. The molecule has 2 N–H and O–H groups in total. The van der Waals surface area contributed by atoms with Crippen LogP contribution in [-0.2, 0) is 9.84 Å². The summed E-state index contributed by atoms with van der Waals surface area (Å²) in [5.41, 5.74) is 5.46. The summed E-state index contributed by atoms with van der Waals surface area (Å²) in [4.78, 5) is 0. The second-order valence-corrected chi connectivity index (χ2v) is 7.02. The second kappa shape index (κ2) is 7.54. The minimum absolute atomic E-state index is 0.308. The smallest absolute Gasteiger partial charge is 0.151 e. The third kappa shape index (κ3) is 7.64. The predicted molar refractivity (Wildman–Crippen MR) is 64.5 cm³/mol. The van der Waals surface area contributed by atoms with Crippen LogP contribution >= 0.6 is 11.8 Å². The van der Waals surface area contributed by atoms with Crippen molar-refractivity contribution in [2.24, 2.45) is 11.7 Å². The molecule has 0 aliphatic rings. The van der Waals surface area contributed by atoms with E-state index in [4.69, 9.17) is 5.73 Å². The summed E-state index contributed by atoms with van der Waals surface area (Å²) >= 11 is 1.68. The molecule has 0 aromatic rings. The van der Waals surface area contributed by atoms with Gasteiger partial charge in [-0.2, -0.15) is 11.8 Å². The van der Waals surface area contributed by atoms with Gasteiger partial charge in [-0.15, -0.1) is 0 Å². The van der Waals surface area contributed by atoms with Crippen molar-refractivity contribution in [3.8, 4) is 0 Å². The van der Waals surface area contributed by atoms with Gasteiger partial charge in [0.05, 0.1) is 5.75 Å². The maximum atomic E-state index is 11.3. The van der Waals surface area contributed by atoms with Gasteiger partial charge >= 0.3 is 0 Å². The Morgan fingerprint density at radius 3 is 2.50 bits per heavy atom. The molecule has 0 saturated heterocycles. The molecular weight excluding hydrogens is 218 g/mol. The van der Waals surface area contributed by atoms with Crippen molar-refractivity contribution in [1.82, 2.24) is 0 Å². The zero-order valence-electron chi connectivity index (χ0n) is 9.03. The van der Waals surface area contributed by atoms with Crippen LogP contribution in [0.3, 0.4) is 0 Å². The van der Waals surface area contributed by atoms with Crippen LogP contribution in [0.5, 0.6) is 0 Å². The minimum atomic E-state index is -2.79. The standard InChI is InChI=1S/C9H21NO2S2/c1-3-5-14(11,12)6-4-13-8-9(2)7-10/h9H,3-8,10H2,1-2H3. The van der Waals surface area contributed by atoms with Crippen LogP contribution in [0.4, 0.5) is 0 Å². The summed E-state index contributed by atoms with van der Waals surface area (Å²) in [5, 5.41) is 0. The average Bonchev–Trinajstić information content (AvgIpc) is 2.12. The predicted octanol–water partition coefficient (Wildman–Crippen LogP) is 1.14. The Hall–Kier alpha value is 0.260. The molecule has 0 aromatic heterocycles. The molecule has 3 nitrogen and oxygen atoms in total. The Labute approximate surface area is 91.7 Å². The van der Waals surface area contributed by atoms with Gasteiger partial charge < -0.3 is 5.73 Å². The van der Waals surface area contributed by atoms with Gasteiger partial charge in [0.2, 0.25) is 0 Å². The summed E-state index contributed by atoms with van der Waals surface area (Å²) in [5.74, 6) is 2.77. The van der Waals surface area contributed by atoms with E-state index in [2.05, 4.69) is 6.92 Å². The van der Waals surface area contributed by atoms with Crippen molar-refractivity contribution < 1.29 is 8.42 Å². The molecule has 0 radical (unpaired) electrons. The lowest BCUT2D eigenvalue weighted by Crippen LogP contribution is -2.15. The van der Waals surface area contributed by atoms with Gasteiger partial charge in [-0.3, -0.25) is 0 Å². The van der Waals surface area contributed by atoms with E-state index in [0.29, 0.717) is 36.1 Å². The van der Waals surface area contributed by atoms with E-state index in [1.54, 1.807) is 11.8 Å². The van der Waals surface area contributed by atoms with Gasteiger partial charge in [0.1, 0.15) is 0 Å². The highest BCUT2D eigenvalue weighted by Gasteiger charge is 2.09. The zero-order chi connectivity index (χ0) is 11.0. The van der Waals surface area contributed by atoms with Crippen molar-refractivity contribution in [3.05, 3.63) is 0 Å². The molecule has 0 fully saturated rings. The van der Waals surface area contributed by atoms with Crippen LogP contribution in [0.15, 0.2) is 0 Å². The number of nitrogens with two attached hydrogens (primary N) is 1. The monoisotopic (exact) mass is 239 g/mol. The summed E-state index contributed by atoms with van der Waals surface area (Å²) in [7, 11) is -2.79. The highest BCUT2D eigenvalue weighted by molar-refractivity contribution is 8.00. The van der Waals surface area contributed by atoms with Crippen molar-refractivity contribution in [2.45, 2.75) is 20.3 Å². The summed E-state index contributed by atoms with van der Waals surface area (Å²) < 4.78 is 22.6. The first-order chi connectivity index (χ1) is 6.52. The van der Waals surface area contributed by atoms with E-state index in [-0.39, 0.29) is 0 Å². The van der Waals surface area contributed by atoms with Crippen LogP contribution < -0.4 is 5.73 Å². The molecule has 0 amide bonds.